The first-order chi connectivity index (χ1) is 15.1. The van der Waals surface area contributed by atoms with Crippen LogP contribution < -0.4 is 10.1 Å². The Labute approximate surface area is 181 Å². The predicted molar refractivity (Wildman–Crippen MR) is 113 cm³/mol. The van der Waals surface area contributed by atoms with Gasteiger partial charge in [0.25, 0.3) is 0 Å². The number of amides is 3. The number of aryl methyl sites for hydroxylation is 1. The molecule has 8 nitrogen and oxygen atoms in total. The molecule has 0 radical (unpaired) electrons. The predicted octanol–water partition coefficient (Wildman–Crippen LogP) is 2.29. The lowest BCUT2D eigenvalue weighted by molar-refractivity contribution is -0.139. The van der Waals surface area contributed by atoms with Gasteiger partial charge in [0.15, 0.2) is 0 Å². The molecule has 3 saturated heterocycles. The second-order valence-electron chi connectivity index (χ2n) is 8.45. The number of fused-ring (bicyclic) bond motifs is 1. The molecule has 4 heterocycles. The SMILES string of the molecule is Cc1ccncc1Oc1ccc(C2CN(C(=O)N3CC[C@@H]4OCC(=O)N[C@@H]4C3)C2)cc1. The highest BCUT2D eigenvalue weighted by Gasteiger charge is 2.40. The third-order valence-electron chi connectivity index (χ3n) is 6.32. The number of piperidine rings is 1. The summed E-state index contributed by atoms with van der Waals surface area (Å²) in [5, 5.41) is 2.95. The number of morpholine rings is 1. The van der Waals surface area contributed by atoms with Crippen molar-refractivity contribution in [2.75, 3.05) is 32.8 Å². The normalized spacial score (nSPS) is 23.6. The number of aromatic nitrogens is 1. The molecule has 2 aromatic rings. The monoisotopic (exact) mass is 422 g/mol. The lowest BCUT2D eigenvalue weighted by Gasteiger charge is -2.46. The minimum Gasteiger partial charge on any atom is -0.455 e. The number of rotatable bonds is 3. The van der Waals surface area contributed by atoms with Gasteiger partial charge >= 0.3 is 6.03 Å². The molecule has 0 aliphatic carbocycles. The summed E-state index contributed by atoms with van der Waals surface area (Å²) in [5.74, 6) is 1.74. The number of ether oxygens (including phenoxy) is 2. The van der Waals surface area contributed by atoms with E-state index in [2.05, 4.69) is 22.4 Å². The van der Waals surface area contributed by atoms with Crippen molar-refractivity contribution in [1.82, 2.24) is 20.1 Å². The van der Waals surface area contributed by atoms with E-state index in [0.29, 0.717) is 32.1 Å². The summed E-state index contributed by atoms with van der Waals surface area (Å²) in [6.07, 6.45) is 4.23. The van der Waals surface area contributed by atoms with Crippen LogP contribution in [-0.2, 0) is 9.53 Å². The van der Waals surface area contributed by atoms with Crippen LogP contribution in [0.4, 0.5) is 4.79 Å². The molecule has 5 rings (SSSR count). The van der Waals surface area contributed by atoms with Crippen molar-refractivity contribution in [2.45, 2.75) is 31.4 Å². The molecular formula is C23H26N4O4. The topological polar surface area (TPSA) is 84.0 Å². The zero-order chi connectivity index (χ0) is 21.4. The Kier molecular flexibility index (Phi) is 5.23. The lowest BCUT2D eigenvalue weighted by atomic mass is 9.91. The Morgan fingerprint density at radius 1 is 1.16 bits per heavy atom. The Hall–Kier alpha value is -3.13. The summed E-state index contributed by atoms with van der Waals surface area (Å²) < 4.78 is 11.5. The molecule has 2 atom stereocenters. The molecule has 3 aliphatic rings. The number of nitrogens with zero attached hydrogens (tertiary/aromatic N) is 3. The molecule has 0 spiro atoms. The van der Waals surface area contributed by atoms with Crippen LogP contribution in [-0.4, -0.2) is 71.7 Å². The number of pyridine rings is 1. The largest absolute Gasteiger partial charge is 0.455 e. The zero-order valence-corrected chi connectivity index (χ0v) is 17.5. The van der Waals surface area contributed by atoms with E-state index in [1.807, 2.05) is 34.9 Å². The molecule has 1 N–H and O–H groups in total. The van der Waals surface area contributed by atoms with Crippen molar-refractivity contribution in [3.8, 4) is 11.5 Å². The van der Waals surface area contributed by atoms with Crippen molar-refractivity contribution in [1.29, 1.82) is 0 Å². The zero-order valence-electron chi connectivity index (χ0n) is 17.5. The quantitative estimate of drug-likeness (QED) is 0.821. The van der Waals surface area contributed by atoms with Crippen molar-refractivity contribution < 1.29 is 19.1 Å². The van der Waals surface area contributed by atoms with Crippen LogP contribution in [0.5, 0.6) is 11.5 Å². The van der Waals surface area contributed by atoms with Gasteiger partial charge in [0.1, 0.15) is 18.1 Å². The Morgan fingerprint density at radius 2 is 1.97 bits per heavy atom. The van der Waals surface area contributed by atoms with Crippen LogP contribution >= 0.6 is 0 Å². The molecule has 31 heavy (non-hydrogen) atoms. The van der Waals surface area contributed by atoms with E-state index in [-0.39, 0.29) is 30.7 Å². The van der Waals surface area contributed by atoms with Gasteiger partial charge in [0, 0.05) is 38.3 Å². The van der Waals surface area contributed by atoms with Crippen LogP contribution in [0.25, 0.3) is 0 Å². The van der Waals surface area contributed by atoms with Crippen molar-refractivity contribution >= 4 is 11.9 Å². The number of urea groups is 1. The molecule has 162 valence electrons. The van der Waals surface area contributed by atoms with Crippen LogP contribution in [0, 0.1) is 6.92 Å². The fourth-order valence-electron chi connectivity index (χ4n) is 4.41. The standard InChI is InChI=1S/C23H26N4O4/c1-15-6-8-24-10-21(15)31-18-4-2-16(3-5-18)17-11-27(12-17)23(29)26-9-7-20-19(13-26)25-22(28)14-30-20/h2-6,8,10,17,19-20H,7,9,11-14H2,1H3,(H,25,28)/t19-,20+/m1/s1. The minimum atomic E-state index is -0.106. The van der Waals surface area contributed by atoms with Gasteiger partial charge in [-0.25, -0.2) is 4.79 Å². The summed E-state index contributed by atoms with van der Waals surface area (Å²) in [6, 6.07) is 9.91. The molecule has 3 aliphatic heterocycles. The third kappa shape index (κ3) is 4.07. The van der Waals surface area contributed by atoms with Crippen molar-refractivity contribution in [3.63, 3.8) is 0 Å². The number of nitrogens with one attached hydrogen (secondary N) is 1. The number of benzene rings is 1. The van der Waals surface area contributed by atoms with Gasteiger partial charge in [-0.15, -0.1) is 0 Å². The molecule has 1 aromatic heterocycles. The first-order valence-corrected chi connectivity index (χ1v) is 10.7. The average molecular weight is 422 g/mol. The van der Waals surface area contributed by atoms with Gasteiger partial charge in [-0.3, -0.25) is 9.78 Å². The highest BCUT2D eigenvalue weighted by atomic mass is 16.5. The molecular weight excluding hydrogens is 396 g/mol. The summed E-state index contributed by atoms with van der Waals surface area (Å²) >= 11 is 0. The van der Waals surface area contributed by atoms with Crippen molar-refractivity contribution in [3.05, 3.63) is 53.9 Å². The van der Waals surface area contributed by atoms with Crippen LogP contribution in [0.1, 0.15) is 23.5 Å². The first kappa shape index (κ1) is 19.8. The van der Waals surface area contributed by atoms with Gasteiger partial charge in [0.2, 0.25) is 5.91 Å². The molecule has 0 bridgehead atoms. The Balaban J connectivity index is 1.14. The maximum absolute atomic E-state index is 12.9. The van der Waals surface area contributed by atoms with E-state index >= 15 is 0 Å². The molecule has 0 unspecified atom stereocenters. The number of hydrogen-bond donors (Lipinski definition) is 1. The van der Waals surface area contributed by atoms with Gasteiger partial charge in [-0.1, -0.05) is 12.1 Å². The van der Waals surface area contributed by atoms with Crippen LogP contribution in [0.15, 0.2) is 42.7 Å². The van der Waals surface area contributed by atoms with E-state index in [1.54, 1.807) is 12.4 Å². The minimum absolute atomic E-state index is 0.0158. The third-order valence-corrected chi connectivity index (χ3v) is 6.32. The van der Waals surface area contributed by atoms with E-state index < -0.39 is 0 Å². The van der Waals surface area contributed by atoms with E-state index in [4.69, 9.17) is 9.47 Å². The fourth-order valence-corrected chi connectivity index (χ4v) is 4.41. The average Bonchev–Trinajstić information content (AvgIpc) is 2.75. The highest BCUT2D eigenvalue weighted by molar-refractivity contribution is 5.79. The summed E-state index contributed by atoms with van der Waals surface area (Å²) in [4.78, 5) is 32.3. The fraction of sp³-hybridized carbons (Fsp3) is 0.435. The summed E-state index contributed by atoms with van der Waals surface area (Å²) in [7, 11) is 0. The van der Waals surface area contributed by atoms with Crippen LogP contribution in [0.3, 0.4) is 0 Å². The smallest absolute Gasteiger partial charge is 0.320 e. The van der Waals surface area contributed by atoms with E-state index in [9.17, 15) is 9.59 Å². The van der Waals surface area contributed by atoms with Crippen molar-refractivity contribution in [2.24, 2.45) is 0 Å². The van der Waals surface area contributed by atoms with Gasteiger partial charge in [-0.2, -0.15) is 0 Å². The maximum Gasteiger partial charge on any atom is 0.320 e. The number of carbonyl (C=O) groups excluding carboxylic acids is 2. The van der Waals surface area contributed by atoms with Gasteiger partial charge < -0.3 is 24.6 Å². The number of carbonyl (C=O) groups is 2. The molecule has 8 heteroatoms. The van der Waals surface area contributed by atoms with Gasteiger partial charge in [0.05, 0.1) is 18.3 Å². The number of likely N-dealkylation sites (tertiary alicyclic amines) is 2. The molecule has 1 aromatic carbocycles. The molecule has 0 saturated carbocycles. The highest BCUT2D eigenvalue weighted by Crippen LogP contribution is 2.31. The Morgan fingerprint density at radius 3 is 2.74 bits per heavy atom. The lowest BCUT2D eigenvalue weighted by Crippen LogP contribution is -2.63. The Bertz CT molecular complexity index is 974. The maximum atomic E-state index is 12.9. The van der Waals surface area contributed by atoms with E-state index in [0.717, 1.165) is 23.5 Å². The molecule has 3 fully saturated rings. The summed E-state index contributed by atoms with van der Waals surface area (Å²) in [6.45, 7) is 4.69. The molecule has 3 amide bonds. The van der Waals surface area contributed by atoms with E-state index in [1.165, 1.54) is 5.56 Å². The first-order valence-electron chi connectivity index (χ1n) is 10.7. The number of hydrogen-bond acceptors (Lipinski definition) is 5. The second-order valence-corrected chi connectivity index (χ2v) is 8.45. The second kappa shape index (κ2) is 8.19. The van der Waals surface area contributed by atoms with Crippen LogP contribution in [0.2, 0.25) is 0 Å². The van der Waals surface area contributed by atoms with Gasteiger partial charge in [-0.05, 0) is 42.7 Å². The summed E-state index contributed by atoms with van der Waals surface area (Å²) in [5.41, 5.74) is 2.24.